The van der Waals surface area contributed by atoms with Crippen LogP contribution in [0.5, 0.6) is 11.5 Å². The predicted octanol–water partition coefficient (Wildman–Crippen LogP) is 2.99. The molecular formula is C16H15NO3. The molecule has 4 heteroatoms. The molecule has 0 atom stereocenters. The summed E-state index contributed by atoms with van der Waals surface area (Å²) in [4.78, 5) is 11.9. The topological polar surface area (TPSA) is 47.6 Å². The number of benzene rings is 2. The molecule has 0 spiro atoms. The molecule has 0 bridgehead atoms. The standard InChI is InChI=1S/C16H15NO3/c18-15(17-13-6-2-1-3-7-13)10-9-12-5-4-8-14-16(12)20-11-19-14/h1-8H,9-11H2,(H,17,18). The predicted molar refractivity (Wildman–Crippen MR) is 76.0 cm³/mol. The maximum atomic E-state index is 11.9. The molecule has 0 unspecified atom stereocenters. The van der Waals surface area contributed by atoms with E-state index in [1.54, 1.807) is 0 Å². The molecule has 3 rings (SSSR count). The average molecular weight is 269 g/mol. The molecule has 1 heterocycles. The number of aryl methyl sites for hydroxylation is 1. The Labute approximate surface area is 117 Å². The van der Waals surface area contributed by atoms with E-state index in [4.69, 9.17) is 9.47 Å². The van der Waals surface area contributed by atoms with E-state index >= 15 is 0 Å². The monoisotopic (exact) mass is 269 g/mol. The summed E-state index contributed by atoms with van der Waals surface area (Å²) in [5.41, 5.74) is 1.82. The number of carbonyl (C=O) groups is 1. The molecule has 102 valence electrons. The third kappa shape index (κ3) is 2.74. The van der Waals surface area contributed by atoms with Crippen LogP contribution < -0.4 is 14.8 Å². The van der Waals surface area contributed by atoms with E-state index in [0.29, 0.717) is 12.8 Å². The van der Waals surface area contributed by atoms with Gasteiger partial charge in [-0.1, -0.05) is 30.3 Å². The molecule has 0 aliphatic carbocycles. The first-order valence-corrected chi connectivity index (χ1v) is 6.55. The number of carbonyl (C=O) groups excluding carboxylic acids is 1. The molecule has 0 radical (unpaired) electrons. The van der Waals surface area contributed by atoms with E-state index in [0.717, 1.165) is 22.7 Å². The van der Waals surface area contributed by atoms with Crippen LogP contribution in [0.1, 0.15) is 12.0 Å². The lowest BCUT2D eigenvalue weighted by atomic mass is 10.1. The number of hydrogen-bond donors (Lipinski definition) is 1. The molecule has 0 saturated heterocycles. The van der Waals surface area contributed by atoms with Crippen molar-refractivity contribution in [1.82, 2.24) is 0 Å². The van der Waals surface area contributed by atoms with Gasteiger partial charge in [0.15, 0.2) is 11.5 Å². The molecule has 0 saturated carbocycles. The van der Waals surface area contributed by atoms with Gasteiger partial charge in [-0.15, -0.1) is 0 Å². The minimum atomic E-state index is -0.00674. The van der Waals surface area contributed by atoms with Crippen LogP contribution in [0.4, 0.5) is 5.69 Å². The van der Waals surface area contributed by atoms with Gasteiger partial charge in [-0.25, -0.2) is 0 Å². The van der Waals surface area contributed by atoms with E-state index in [9.17, 15) is 4.79 Å². The lowest BCUT2D eigenvalue weighted by Crippen LogP contribution is -2.12. The summed E-state index contributed by atoms with van der Waals surface area (Å²) in [5, 5.41) is 2.87. The SMILES string of the molecule is O=C(CCc1cccc2c1OCO2)Nc1ccccc1. The molecule has 1 aliphatic heterocycles. The average Bonchev–Trinajstić information content (AvgIpc) is 2.95. The van der Waals surface area contributed by atoms with Crippen molar-refractivity contribution in [2.75, 3.05) is 12.1 Å². The van der Waals surface area contributed by atoms with Gasteiger partial charge < -0.3 is 14.8 Å². The van der Waals surface area contributed by atoms with E-state index in [-0.39, 0.29) is 12.7 Å². The normalized spacial score (nSPS) is 12.2. The Morgan fingerprint density at radius 1 is 1.05 bits per heavy atom. The van der Waals surface area contributed by atoms with E-state index in [1.165, 1.54) is 0 Å². The highest BCUT2D eigenvalue weighted by molar-refractivity contribution is 5.90. The van der Waals surface area contributed by atoms with Crippen molar-refractivity contribution < 1.29 is 14.3 Å². The van der Waals surface area contributed by atoms with Crippen LogP contribution in [0.15, 0.2) is 48.5 Å². The van der Waals surface area contributed by atoms with Gasteiger partial charge in [0.2, 0.25) is 12.7 Å². The van der Waals surface area contributed by atoms with E-state index in [2.05, 4.69) is 5.32 Å². The first kappa shape index (κ1) is 12.5. The number of para-hydroxylation sites is 2. The third-order valence-electron chi connectivity index (χ3n) is 3.16. The van der Waals surface area contributed by atoms with Crippen LogP contribution in [-0.2, 0) is 11.2 Å². The lowest BCUT2D eigenvalue weighted by molar-refractivity contribution is -0.116. The number of rotatable bonds is 4. The number of anilines is 1. The minimum absolute atomic E-state index is 0.00674. The van der Waals surface area contributed by atoms with Crippen LogP contribution in [0.2, 0.25) is 0 Å². The zero-order valence-corrected chi connectivity index (χ0v) is 11.0. The first-order chi connectivity index (χ1) is 9.83. The van der Waals surface area contributed by atoms with Gasteiger partial charge in [0.25, 0.3) is 0 Å². The fourth-order valence-electron chi connectivity index (χ4n) is 2.18. The zero-order valence-electron chi connectivity index (χ0n) is 11.0. The Balaban J connectivity index is 1.60. The Morgan fingerprint density at radius 2 is 1.90 bits per heavy atom. The van der Waals surface area contributed by atoms with Crippen LogP contribution >= 0.6 is 0 Å². The first-order valence-electron chi connectivity index (χ1n) is 6.55. The quantitative estimate of drug-likeness (QED) is 0.928. The Bertz CT molecular complexity index is 610. The highest BCUT2D eigenvalue weighted by Crippen LogP contribution is 2.35. The maximum Gasteiger partial charge on any atom is 0.231 e. The molecule has 1 N–H and O–H groups in total. The summed E-state index contributed by atoms with van der Waals surface area (Å²) in [5.74, 6) is 1.51. The van der Waals surface area contributed by atoms with Gasteiger partial charge >= 0.3 is 0 Å². The second-order valence-electron chi connectivity index (χ2n) is 4.57. The van der Waals surface area contributed by atoms with Gasteiger partial charge in [0.1, 0.15) is 0 Å². The van der Waals surface area contributed by atoms with Gasteiger partial charge in [0.05, 0.1) is 0 Å². The Hall–Kier alpha value is -2.49. The zero-order chi connectivity index (χ0) is 13.8. The molecule has 1 aliphatic rings. The summed E-state index contributed by atoms with van der Waals surface area (Å²) < 4.78 is 10.7. The molecule has 1 amide bonds. The lowest BCUT2D eigenvalue weighted by Gasteiger charge is -2.07. The smallest absolute Gasteiger partial charge is 0.231 e. The molecule has 2 aromatic rings. The molecule has 4 nitrogen and oxygen atoms in total. The van der Waals surface area contributed by atoms with Gasteiger partial charge in [-0.05, 0) is 30.2 Å². The van der Waals surface area contributed by atoms with Crippen LogP contribution in [0, 0.1) is 0 Å². The van der Waals surface area contributed by atoms with E-state index < -0.39 is 0 Å². The largest absolute Gasteiger partial charge is 0.454 e. The molecular weight excluding hydrogens is 254 g/mol. The minimum Gasteiger partial charge on any atom is -0.454 e. The van der Waals surface area contributed by atoms with Crippen molar-refractivity contribution in [3.8, 4) is 11.5 Å². The molecule has 0 fully saturated rings. The number of ether oxygens (including phenoxy) is 2. The Morgan fingerprint density at radius 3 is 2.75 bits per heavy atom. The fraction of sp³-hybridized carbons (Fsp3) is 0.188. The second kappa shape index (κ2) is 5.65. The van der Waals surface area contributed by atoms with Crippen molar-refractivity contribution >= 4 is 11.6 Å². The summed E-state index contributed by atoms with van der Waals surface area (Å²) in [6.07, 6.45) is 1.04. The van der Waals surface area contributed by atoms with Crippen LogP contribution in [0.3, 0.4) is 0 Å². The summed E-state index contributed by atoms with van der Waals surface area (Å²) in [6, 6.07) is 15.2. The summed E-state index contributed by atoms with van der Waals surface area (Å²) in [6.45, 7) is 0.253. The van der Waals surface area contributed by atoms with Crippen molar-refractivity contribution in [2.45, 2.75) is 12.8 Å². The number of fused-ring (bicyclic) bond motifs is 1. The fourth-order valence-corrected chi connectivity index (χ4v) is 2.18. The Kier molecular flexibility index (Phi) is 3.54. The second-order valence-corrected chi connectivity index (χ2v) is 4.57. The highest BCUT2D eigenvalue weighted by Gasteiger charge is 2.17. The van der Waals surface area contributed by atoms with Crippen LogP contribution in [0.25, 0.3) is 0 Å². The van der Waals surface area contributed by atoms with Gasteiger partial charge in [-0.2, -0.15) is 0 Å². The van der Waals surface area contributed by atoms with Crippen molar-refractivity contribution in [3.05, 3.63) is 54.1 Å². The van der Waals surface area contributed by atoms with Gasteiger partial charge in [-0.3, -0.25) is 4.79 Å². The van der Waals surface area contributed by atoms with Gasteiger partial charge in [0, 0.05) is 12.1 Å². The summed E-state index contributed by atoms with van der Waals surface area (Å²) in [7, 11) is 0. The number of hydrogen-bond acceptors (Lipinski definition) is 3. The molecule has 0 aromatic heterocycles. The van der Waals surface area contributed by atoms with Crippen molar-refractivity contribution in [2.24, 2.45) is 0 Å². The number of amides is 1. The van der Waals surface area contributed by atoms with Crippen molar-refractivity contribution in [3.63, 3.8) is 0 Å². The molecule has 2 aromatic carbocycles. The number of nitrogens with one attached hydrogen (secondary N) is 1. The van der Waals surface area contributed by atoms with E-state index in [1.807, 2.05) is 48.5 Å². The maximum absolute atomic E-state index is 11.9. The highest BCUT2D eigenvalue weighted by atomic mass is 16.7. The van der Waals surface area contributed by atoms with Crippen molar-refractivity contribution in [1.29, 1.82) is 0 Å². The summed E-state index contributed by atoms with van der Waals surface area (Å²) >= 11 is 0. The molecule has 20 heavy (non-hydrogen) atoms. The third-order valence-corrected chi connectivity index (χ3v) is 3.16. The van der Waals surface area contributed by atoms with Crippen LogP contribution in [-0.4, -0.2) is 12.7 Å².